The molecular formula is C17H23N3O. The molecule has 4 nitrogen and oxygen atoms in total. The van der Waals surface area contributed by atoms with Crippen molar-refractivity contribution in [2.45, 2.75) is 45.1 Å². The van der Waals surface area contributed by atoms with Gasteiger partial charge in [-0.15, -0.1) is 0 Å². The summed E-state index contributed by atoms with van der Waals surface area (Å²) in [5, 5.41) is 11.7. The fraction of sp³-hybridized carbons (Fsp3) is 0.529. The number of likely N-dealkylation sites (tertiary alicyclic amines) is 1. The maximum Gasteiger partial charge on any atom is 0.225 e. The number of hydrogen-bond donors (Lipinski definition) is 1. The molecule has 1 saturated heterocycles. The Morgan fingerprint density at radius 3 is 3.10 bits per heavy atom. The molecule has 1 atom stereocenters. The molecule has 1 amide bonds. The van der Waals surface area contributed by atoms with E-state index in [4.69, 9.17) is 5.26 Å². The average Bonchev–Trinajstić information content (AvgIpc) is 2.53. The molecule has 0 spiro atoms. The highest BCUT2D eigenvalue weighted by Crippen LogP contribution is 2.19. The molecule has 1 N–H and O–H groups in total. The van der Waals surface area contributed by atoms with E-state index >= 15 is 0 Å². The van der Waals surface area contributed by atoms with Crippen molar-refractivity contribution in [2.24, 2.45) is 0 Å². The van der Waals surface area contributed by atoms with Crippen molar-refractivity contribution in [1.29, 1.82) is 5.26 Å². The van der Waals surface area contributed by atoms with Crippen molar-refractivity contribution >= 4 is 11.6 Å². The first-order chi connectivity index (χ1) is 10.2. The fourth-order valence-electron chi connectivity index (χ4n) is 2.95. The van der Waals surface area contributed by atoms with E-state index in [9.17, 15) is 4.79 Å². The Balaban J connectivity index is 1.83. The van der Waals surface area contributed by atoms with Gasteiger partial charge >= 0.3 is 0 Å². The zero-order valence-electron chi connectivity index (χ0n) is 12.6. The minimum Gasteiger partial charge on any atom is -0.326 e. The maximum atomic E-state index is 12.0. The van der Waals surface area contributed by atoms with Crippen LogP contribution in [0.4, 0.5) is 5.69 Å². The molecule has 0 aliphatic carbocycles. The monoisotopic (exact) mass is 285 g/mol. The van der Waals surface area contributed by atoms with Gasteiger partial charge in [0.1, 0.15) is 0 Å². The number of nitriles is 1. The van der Waals surface area contributed by atoms with Crippen molar-refractivity contribution in [1.82, 2.24) is 4.90 Å². The summed E-state index contributed by atoms with van der Waals surface area (Å²) in [5.41, 5.74) is 1.26. The number of amides is 1. The van der Waals surface area contributed by atoms with Crippen LogP contribution in [0.25, 0.3) is 0 Å². The third-order valence-corrected chi connectivity index (χ3v) is 4.12. The van der Waals surface area contributed by atoms with Crippen LogP contribution >= 0.6 is 0 Å². The van der Waals surface area contributed by atoms with Gasteiger partial charge < -0.3 is 5.32 Å². The number of benzene rings is 1. The number of carbonyl (C=O) groups is 1. The van der Waals surface area contributed by atoms with Crippen LogP contribution in [0.5, 0.6) is 0 Å². The third kappa shape index (κ3) is 4.57. The van der Waals surface area contributed by atoms with Gasteiger partial charge in [-0.2, -0.15) is 5.26 Å². The summed E-state index contributed by atoms with van der Waals surface area (Å²) >= 11 is 0. The average molecular weight is 285 g/mol. The van der Waals surface area contributed by atoms with Crippen LogP contribution in [0.2, 0.25) is 0 Å². The Labute approximate surface area is 126 Å². The predicted molar refractivity (Wildman–Crippen MR) is 83.9 cm³/mol. The molecule has 1 fully saturated rings. The van der Waals surface area contributed by atoms with E-state index in [2.05, 4.69) is 23.2 Å². The second kappa shape index (κ2) is 7.80. The smallest absolute Gasteiger partial charge is 0.225 e. The Morgan fingerprint density at radius 1 is 1.48 bits per heavy atom. The highest BCUT2D eigenvalue weighted by Gasteiger charge is 2.20. The van der Waals surface area contributed by atoms with Crippen LogP contribution in [0, 0.1) is 11.3 Å². The van der Waals surface area contributed by atoms with E-state index in [-0.39, 0.29) is 5.91 Å². The van der Waals surface area contributed by atoms with Crippen LogP contribution in [0.1, 0.15) is 44.6 Å². The first-order valence-corrected chi connectivity index (χ1v) is 7.77. The second-order valence-corrected chi connectivity index (χ2v) is 5.58. The minimum atomic E-state index is 0.0190. The molecule has 1 unspecified atom stereocenters. The molecule has 1 aliphatic heterocycles. The first kappa shape index (κ1) is 15.5. The number of nitrogens with zero attached hydrogens (tertiary/aromatic N) is 2. The lowest BCUT2D eigenvalue weighted by Crippen LogP contribution is -2.40. The summed E-state index contributed by atoms with van der Waals surface area (Å²) in [6.07, 6.45) is 5.46. The molecule has 1 aromatic carbocycles. The molecule has 2 rings (SSSR count). The molecule has 112 valence electrons. The number of rotatable bonds is 5. The summed E-state index contributed by atoms with van der Waals surface area (Å²) in [5.74, 6) is 0.0190. The van der Waals surface area contributed by atoms with Crippen molar-refractivity contribution in [2.75, 3.05) is 18.4 Å². The lowest BCUT2D eigenvalue weighted by Gasteiger charge is -2.35. The number of hydrogen-bond acceptors (Lipinski definition) is 3. The lowest BCUT2D eigenvalue weighted by molar-refractivity contribution is -0.116. The zero-order valence-corrected chi connectivity index (χ0v) is 12.6. The fourth-order valence-corrected chi connectivity index (χ4v) is 2.95. The van der Waals surface area contributed by atoms with E-state index in [1.807, 2.05) is 6.07 Å². The van der Waals surface area contributed by atoms with Crippen molar-refractivity contribution < 1.29 is 4.79 Å². The topological polar surface area (TPSA) is 56.1 Å². The summed E-state index contributed by atoms with van der Waals surface area (Å²) < 4.78 is 0. The van der Waals surface area contributed by atoms with Gasteiger partial charge in [0.15, 0.2) is 0 Å². The van der Waals surface area contributed by atoms with Crippen LogP contribution in [0.15, 0.2) is 24.3 Å². The SMILES string of the molecule is CCC1CCCCN1CCC(=O)Nc1cccc(C#N)c1. The standard InChI is InChI=1S/C17H23N3O/c1-2-16-8-3-4-10-20(16)11-9-17(21)19-15-7-5-6-14(12-15)13-18/h5-7,12,16H,2-4,8-11H2,1H3,(H,19,21). The van der Waals surface area contributed by atoms with E-state index in [0.29, 0.717) is 23.7 Å². The summed E-state index contributed by atoms with van der Waals surface area (Å²) in [4.78, 5) is 14.5. The Bertz CT molecular complexity index is 521. The van der Waals surface area contributed by atoms with Gasteiger partial charge in [-0.3, -0.25) is 9.69 Å². The van der Waals surface area contributed by atoms with E-state index in [1.165, 1.54) is 19.3 Å². The van der Waals surface area contributed by atoms with Crippen molar-refractivity contribution in [3.8, 4) is 6.07 Å². The van der Waals surface area contributed by atoms with Gasteiger partial charge in [0.25, 0.3) is 0 Å². The summed E-state index contributed by atoms with van der Waals surface area (Å²) in [6.45, 7) is 4.15. The first-order valence-electron chi connectivity index (χ1n) is 7.77. The Morgan fingerprint density at radius 2 is 2.33 bits per heavy atom. The normalized spacial score (nSPS) is 19.0. The molecule has 1 heterocycles. The largest absolute Gasteiger partial charge is 0.326 e. The zero-order chi connectivity index (χ0) is 15.1. The van der Waals surface area contributed by atoms with Gasteiger partial charge in [0, 0.05) is 24.7 Å². The summed E-state index contributed by atoms with van der Waals surface area (Å²) in [7, 11) is 0. The third-order valence-electron chi connectivity index (χ3n) is 4.12. The van der Waals surface area contributed by atoms with Gasteiger partial charge in [-0.05, 0) is 44.0 Å². The second-order valence-electron chi connectivity index (χ2n) is 5.58. The number of nitrogens with one attached hydrogen (secondary N) is 1. The molecule has 0 saturated carbocycles. The van der Waals surface area contributed by atoms with Gasteiger partial charge in [0.05, 0.1) is 11.6 Å². The van der Waals surface area contributed by atoms with Crippen LogP contribution in [0.3, 0.4) is 0 Å². The summed E-state index contributed by atoms with van der Waals surface area (Å²) in [6, 6.07) is 9.74. The molecule has 1 aromatic rings. The maximum absolute atomic E-state index is 12.0. The molecule has 0 bridgehead atoms. The van der Waals surface area contributed by atoms with Gasteiger partial charge in [-0.25, -0.2) is 0 Å². The van der Waals surface area contributed by atoms with E-state index in [0.717, 1.165) is 19.5 Å². The van der Waals surface area contributed by atoms with Crippen LogP contribution in [-0.2, 0) is 4.79 Å². The van der Waals surface area contributed by atoms with Crippen molar-refractivity contribution in [3.05, 3.63) is 29.8 Å². The van der Waals surface area contributed by atoms with Crippen LogP contribution in [-0.4, -0.2) is 29.9 Å². The van der Waals surface area contributed by atoms with Gasteiger partial charge in [0.2, 0.25) is 5.91 Å². The van der Waals surface area contributed by atoms with Gasteiger partial charge in [-0.1, -0.05) is 19.4 Å². The highest BCUT2D eigenvalue weighted by molar-refractivity contribution is 5.90. The number of piperidine rings is 1. The quantitative estimate of drug-likeness (QED) is 0.904. The Kier molecular flexibility index (Phi) is 5.77. The lowest BCUT2D eigenvalue weighted by atomic mass is 10.00. The van der Waals surface area contributed by atoms with Crippen molar-refractivity contribution in [3.63, 3.8) is 0 Å². The number of carbonyl (C=O) groups excluding carboxylic acids is 1. The van der Waals surface area contributed by atoms with E-state index in [1.54, 1.807) is 18.2 Å². The molecule has 4 heteroatoms. The molecule has 21 heavy (non-hydrogen) atoms. The Hall–Kier alpha value is -1.86. The highest BCUT2D eigenvalue weighted by atomic mass is 16.1. The van der Waals surface area contributed by atoms with E-state index < -0.39 is 0 Å². The minimum absolute atomic E-state index is 0.0190. The molecule has 0 radical (unpaired) electrons. The number of anilines is 1. The molecular weight excluding hydrogens is 262 g/mol. The van der Waals surface area contributed by atoms with Crippen LogP contribution < -0.4 is 5.32 Å². The molecule has 1 aliphatic rings. The predicted octanol–water partition coefficient (Wildman–Crippen LogP) is 3.15. The molecule has 0 aromatic heterocycles.